The maximum Gasteiger partial charge on any atom is 0.0642 e. The van der Waals surface area contributed by atoms with Crippen LogP contribution < -0.4 is 10.2 Å². The standard InChI is InChI=1S/C15H21BrN2O/c16-13-11-12(14-3-1-2-6-17-14)4-5-15(13)18-7-9-19-10-8-18/h4-5,11,14,17H,1-3,6-10H2. The summed E-state index contributed by atoms with van der Waals surface area (Å²) < 4.78 is 6.62. The lowest BCUT2D eigenvalue weighted by Crippen LogP contribution is -2.36. The molecule has 4 heteroatoms. The van der Waals surface area contributed by atoms with E-state index >= 15 is 0 Å². The predicted molar refractivity (Wildman–Crippen MR) is 81.8 cm³/mol. The van der Waals surface area contributed by atoms with E-state index in [-0.39, 0.29) is 0 Å². The van der Waals surface area contributed by atoms with Gasteiger partial charge in [-0.05, 0) is 53.0 Å². The van der Waals surface area contributed by atoms with Crippen molar-refractivity contribution in [1.82, 2.24) is 5.32 Å². The molecule has 1 N–H and O–H groups in total. The first kappa shape index (κ1) is 13.4. The Bertz CT molecular complexity index is 426. The van der Waals surface area contributed by atoms with E-state index in [0.717, 1.165) is 32.8 Å². The normalized spacial score (nSPS) is 24.5. The highest BCUT2D eigenvalue weighted by Crippen LogP contribution is 2.32. The summed E-state index contributed by atoms with van der Waals surface area (Å²) in [6.07, 6.45) is 3.90. The minimum Gasteiger partial charge on any atom is -0.378 e. The van der Waals surface area contributed by atoms with Gasteiger partial charge in [-0.3, -0.25) is 0 Å². The van der Waals surface area contributed by atoms with Crippen LogP contribution in [-0.4, -0.2) is 32.8 Å². The van der Waals surface area contributed by atoms with Crippen LogP contribution in [0.4, 0.5) is 5.69 Å². The second-order valence-electron chi connectivity index (χ2n) is 5.31. The smallest absolute Gasteiger partial charge is 0.0642 e. The molecular weight excluding hydrogens is 304 g/mol. The second-order valence-corrected chi connectivity index (χ2v) is 6.17. The first-order valence-corrected chi connectivity index (χ1v) is 7.99. The van der Waals surface area contributed by atoms with Crippen LogP contribution in [0.15, 0.2) is 22.7 Å². The fraction of sp³-hybridized carbons (Fsp3) is 0.600. The van der Waals surface area contributed by atoms with E-state index in [2.05, 4.69) is 44.3 Å². The van der Waals surface area contributed by atoms with Crippen molar-refractivity contribution in [3.05, 3.63) is 28.2 Å². The first-order chi connectivity index (χ1) is 9.34. The number of halogens is 1. The molecule has 2 aliphatic rings. The number of anilines is 1. The summed E-state index contributed by atoms with van der Waals surface area (Å²) in [4.78, 5) is 2.39. The monoisotopic (exact) mass is 324 g/mol. The Balaban J connectivity index is 1.76. The Labute approximate surface area is 123 Å². The molecule has 0 bridgehead atoms. The largest absolute Gasteiger partial charge is 0.378 e. The number of rotatable bonds is 2. The van der Waals surface area contributed by atoms with Gasteiger partial charge in [-0.1, -0.05) is 12.5 Å². The van der Waals surface area contributed by atoms with E-state index in [1.54, 1.807) is 0 Å². The summed E-state index contributed by atoms with van der Waals surface area (Å²) in [6, 6.07) is 7.34. The summed E-state index contributed by atoms with van der Waals surface area (Å²) in [6.45, 7) is 4.78. The van der Waals surface area contributed by atoms with Crippen LogP contribution in [0.3, 0.4) is 0 Å². The molecule has 19 heavy (non-hydrogen) atoms. The van der Waals surface area contributed by atoms with Crippen LogP contribution in [0.1, 0.15) is 30.9 Å². The van der Waals surface area contributed by atoms with Crippen molar-refractivity contribution >= 4 is 21.6 Å². The van der Waals surface area contributed by atoms with Gasteiger partial charge in [0.25, 0.3) is 0 Å². The molecule has 1 atom stereocenters. The third-order valence-electron chi connectivity index (χ3n) is 4.04. The van der Waals surface area contributed by atoms with Crippen LogP contribution in [0.5, 0.6) is 0 Å². The highest BCUT2D eigenvalue weighted by molar-refractivity contribution is 9.10. The summed E-state index contributed by atoms with van der Waals surface area (Å²) in [7, 11) is 0. The van der Waals surface area contributed by atoms with Crippen LogP contribution in [0.25, 0.3) is 0 Å². The summed E-state index contributed by atoms with van der Waals surface area (Å²) in [5, 5.41) is 3.61. The molecule has 1 unspecified atom stereocenters. The molecule has 2 heterocycles. The molecule has 2 saturated heterocycles. The molecule has 0 amide bonds. The summed E-state index contributed by atoms with van der Waals surface area (Å²) >= 11 is 3.74. The Kier molecular flexibility index (Phi) is 4.41. The maximum atomic E-state index is 5.41. The lowest BCUT2D eigenvalue weighted by molar-refractivity contribution is 0.122. The molecule has 104 valence electrons. The number of hydrogen-bond acceptors (Lipinski definition) is 3. The van der Waals surface area contributed by atoms with Gasteiger partial charge in [0.05, 0.1) is 18.9 Å². The molecule has 0 aromatic heterocycles. The zero-order chi connectivity index (χ0) is 13.1. The fourth-order valence-electron chi connectivity index (χ4n) is 2.94. The fourth-order valence-corrected chi connectivity index (χ4v) is 3.58. The summed E-state index contributed by atoms with van der Waals surface area (Å²) in [5.41, 5.74) is 2.70. The number of hydrogen-bond donors (Lipinski definition) is 1. The van der Waals surface area contributed by atoms with Crippen molar-refractivity contribution < 1.29 is 4.74 Å². The predicted octanol–water partition coefficient (Wildman–Crippen LogP) is 3.10. The van der Waals surface area contributed by atoms with E-state index in [0.29, 0.717) is 6.04 Å². The van der Waals surface area contributed by atoms with Crippen molar-refractivity contribution in [3.63, 3.8) is 0 Å². The van der Waals surface area contributed by atoms with Gasteiger partial charge in [0.1, 0.15) is 0 Å². The molecule has 0 saturated carbocycles. The minimum absolute atomic E-state index is 0.531. The van der Waals surface area contributed by atoms with Gasteiger partial charge in [-0.15, -0.1) is 0 Å². The zero-order valence-electron chi connectivity index (χ0n) is 11.2. The molecule has 1 aromatic rings. The highest BCUT2D eigenvalue weighted by Gasteiger charge is 2.18. The second kappa shape index (κ2) is 6.25. The molecule has 1 aromatic carbocycles. The molecule has 0 aliphatic carbocycles. The number of morpholine rings is 1. The molecule has 0 spiro atoms. The molecule has 3 nitrogen and oxygen atoms in total. The SMILES string of the molecule is Brc1cc(C2CCCCN2)ccc1N1CCOCC1. The third-order valence-corrected chi connectivity index (χ3v) is 4.67. The van der Waals surface area contributed by atoms with Crippen molar-refractivity contribution in [2.45, 2.75) is 25.3 Å². The number of piperidine rings is 1. The number of nitrogens with zero attached hydrogens (tertiary/aromatic N) is 1. The molecule has 2 fully saturated rings. The molecular formula is C15H21BrN2O. The van der Waals surface area contributed by atoms with Gasteiger partial charge in [0.2, 0.25) is 0 Å². The molecule has 2 aliphatic heterocycles. The van der Waals surface area contributed by atoms with Crippen LogP contribution >= 0.6 is 15.9 Å². The zero-order valence-corrected chi connectivity index (χ0v) is 12.8. The van der Waals surface area contributed by atoms with E-state index in [1.807, 2.05) is 0 Å². The quantitative estimate of drug-likeness (QED) is 0.904. The van der Waals surface area contributed by atoms with Gasteiger partial charge in [-0.25, -0.2) is 0 Å². The molecule has 0 radical (unpaired) electrons. The van der Waals surface area contributed by atoms with Gasteiger partial charge in [-0.2, -0.15) is 0 Å². The Morgan fingerprint density at radius 1 is 1.21 bits per heavy atom. The van der Waals surface area contributed by atoms with Crippen molar-refractivity contribution in [2.75, 3.05) is 37.7 Å². The highest BCUT2D eigenvalue weighted by atomic mass is 79.9. The summed E-state index contributed by atoms with van der Waals surface area (Å²) in [5.74, 6) is 0. The lowest BCUT2D eigenvalue weighted by Gasteiger charge is -2.30. The topological polar surface area (TPSA) is 24.5 Å². The minimum atomic E-state index is 0.531. The van der Waals surface area contributed by atoms with Gasteiger partial charge in [0, 0.05) is 23.6 Å². The number of nitrogens with one attached hydrogen (secondary N) is 1. The number of benzene rings is 1. The van der Waals surface area contributed by atoms with Crippen molar-refractivity contribution in [2.24, 2.45) is 0 Å². The first-order valence-electron chi connectivity index (χ1n) is 7.20. The van der Waals surface area contributed by atoms with E-state index in [4.69, 9.17) is 4.74 Å². The molecule has 3 rings (SSSR count). The Hall–Kier alpha value is -0.580. The van der Waals surface area contributed by atoms with E-state index in [1.165, 1.54) is 35.0 Å². The maximum absolute atomic E-state index is 5.41. The van der Waals surface area contributed by atoms with E-state index in [9.17, 15) is 0 Å². The van der Waals surface area contributed by atoms with E-state index < -0.39 is 0 Å². The Morgan fingerprint density at radius 2 is 2.05 bits per heavy atom. The van der Waals surface area contributed by atoms with Crippen molar-refractivity contribution in [1.29, 1.82) is 0 Å². The van der Waals surface area contributed by atoms with Gasteiger partial charge >= 0.3 is 0 Å². The number of ether oxygens (including phenoxy) is 1. The van der Waals surface area contributed by atoms with Gasteiger partial charge < -0.3 is 15.0 Å². The Morgan fingerprint density at radius 3 is 2.74 bits per heavy atom. The van der Waals surface area contributed by atoms with Crippen LogP contribution in [-0.2, 0) is 4.74 Å². The lowest BCUT2D eigenvalue weighted by atomic mass is 9.97. The van der Waals surface area contributed by atoms with Crippen LogP contribution in [0, 0.1) is 0 Å². The van der Waals surface area contributed by atoms with Gasteiger partial charge in [0.15, 0.2) is 0 Å². The average Bonchev–Trinajstić information content (AvgIpc) is 2.49. The third kappa shape index (κ3) is 3.12. The average molecular weight is 325 g/mol. The van der Waals surface area contributed by atoms with Crippen molar-refractivity contribution in [3.8, 4) is 0 Å². The van der Waals surface area contributed by atoms with Crippen LogP contribution in [0.2, 0.25) is 0 Å².